The van der Waals surface area contributed by atoms with Crippen LogP contribution < -0.4 is 10.6 Å². The second-order valence-corrected chi connectivity index (χ2v) is 8.09. The minimum atomic E-state index is -0.790. The van der Waals surface area contributed by atoms with Gasteiger partial charge in [-0.2, -0.15) is 5.10 Å². The maximum absolute atomic E-state index is 13.4. The standard InChI is InChI=1S/C26H22ClFN4O2/c1-17(30-26(34)22-9-5-6-10-23(22)27)25(33)29-15-19-16-32(21-7-3-2-4-8-21)31-24(19)18-11-13-20(28)14-12-18/h2-14,16-17H,15H2,1H3,(H,29,33)(H,30,34)/t17-/m0/s1. The number of para-hydroxylation sites is 1. The lowest BCUT2D eigenvalue weighted by Crippen LogP contribution is -2.44. The molecule has 8 heteroatoms. The molecule has 0 saturated carbocycles. The molecule has 0 aliphatic carbocycles. The lowest BCUT2D eigenvalue weighted by atomic mass is 10.1. The van der Waals surface area contributed by atoms with Crippen molar-refractivity contribution in [3.05, 3.63) is 107 Å². The fraction of sp³-hybridized carbons (Fsp3) is 0.115. The van der Waals surface area contributed by atoms with Gasteiger partial charge < -0.3 is 10.6 Å². The summed E-state index contributed by atoms with van der Waals surface area (Å²) in [5.41, 5.74) is 3.24. The van der Waals surface area contributed by atoms with E-state index in [1.54, 1.807) is 48.0 Å². The van der Waals surface area contributed by atoms with Gasteiger partial charge in [0.2, 0.25) is 5.91 Å². The highest BCUT2D eigenvalue weighted by Crippen LogP contribution is 2.24. The topological polar surface area (TPSA) is 76.0 Å². The van der Waals surface area contributed by atoms with Crippen LogP contribution in [0.3, 0.4) is 0 Å². The van der Waals surface area contributed by atoms with Crippen molar-refractivity contribution in [3.8, 4) is 16.9 Å². The summed E-state index contributed by atoms with van der Waals surface area (Å²) >= 11 is 6.07. The molecule has 1 atom stereocenters. The third-order valence-corrected chi connectivity index (χ3v) is 5.57. The summed E-state index contributed by atoms with van der Waals surface area (Å²) in [6, 6.07) is 21.4. The number of nitrogens with one attached hydrogen (secondary N) is 2. The summed E-state index contributed by atoms with van der Waals surface area (Å²) in [6.45, 7) is 1.77. The van der Waals surface area contributed by atoms with E-state index in [0.29, 0.717) is 16.3 Å². The van der Waals surface area contributed by atoms with E-state index in [4.69, 9.17) is 11.6 Å². The van der Waals surface area contributed by atoms with Crippen LogP contribution in [0.4, 0.5) is 4.39 Å². The molecule has 1 heterocycles. The first-order valence-electron chi connectivity index (χ1n) is 10.7. The van der Waals surface area contributed by atoms with Crippen molar-refractivity contribution in [2.75, 3.05) is 0 Å². The Morgan fingerprint density at radius 3 is 2.38 bits per heavy atom. The number of carbonyl (C=O) groups excluding carboxylic acids is 2. The van der Waals surface area contributed by atoms with Crippen LogP contribution in [-0.4, -0.2) is 27.6 Å². The summed E-state index contributed by atoms with van der Waals surface area (Å²) in [5.74, 6) is -1.14. The van der Waals surface area contributed by atoms with Crippen molar-refractivity contribution in [1.29, 1.82) is 0 Å². The highest BCUT2D eigenvalue weighted by molar-refractivity contribution is 6.33. The Labute approximate surface area is 201 Å². The van der Waals surface area contributed by atoms with Crippen LogP contribution in [0.1, 0.15) is 22.8 Å². The van der Waals surface area contributed by atoms with Crippen molar-refractivity contribution < 1.29 is 14.0 Å². The van der Waals surface area contributed by atoms with E-state index in [1.807, 2.05) is 36.5 Å². The lowest BCUT2D eigenvalue weighted by molar-refractivity contribution is -0.122. The Kier molecular flexibility index (Phi) is 7.04. The van der Waals surface area contributed by atoms with E-state index in [2.05, 4.69) is 15.7 Å². The molecule has 3 aromatic carbocycles. The first-order valence-corrected chi connectivity index (χ1v) is 11.0. The molecule has 4 rings (SSSR count). The van der Waals surface area contributed by atoms with E-state index in [0.717, 1.165) is 16.8 Å². The average molecular weight is 477 g/mol. The van der Waals surface area contributed by atoms with Crippen molar-refractivity contribution in [3.63, 3.8) is 0 Å². The Bertz CT molecular complexity index is 1310. The minimum absolute atomic E-state index is 0.171. The van der Waals surface area contributed by atoms with Gasteiger partial charge >= 0.3 is 0 Å². The van der Waals surface area contributed by atoms with Gasteiger partial charge in [-0.05, 0) is 55.5 Å². The molecule has 0 aliphatic rings. The molecule has 0 fully saturated rings. The van der Waals surface area contributed by atoms with Crippen LogP contribution in [0.25, 0.3) is 16.9 Å². The molecule has 6 nitrogen and oxygen atoms in total. The summed E-state index contributed by atoms with van der Waals surface area (Å²) in [7, 11) is 0. The molecule has 0 saturated heterocycles. The number of aromatic nitrogens is 2. The van der Waals surface area contributed by atoms with Crippen LogP contribution in [0.15, 0.2) is 85.1 Å². The van der Waals surface area contributed by atoms with Crippen LogP contribution in [0, 0.1) is 5.82 Å². The first kappa shape index (κ1) is 23.2. The number of halogens is 2. The molecule has 172 valence electrons. The second-order valence-electron chi connectivity index (χ2n) is 7.68. The Morgan fingerprint density at radius 2 is 1.68 bits per heavy atom. The van der Waals surface area contributed by atoms with Gasteiger partial charge in [0.25, 0.3) is 5.91 Å². The Morgan fingerprint density at radius 1 is 1.00 bits per heavy atom. The summed E-state index contributed by atoms with van der Waals surface area (Å²) < 4.78 is 15.2. The van der Waals surface area contributed by atoms with E-state index in [-0.39, 0.29) is 18.3 Å². The molecule has 0 unspecified atom stereocenters. The average Bonchev–Trinajstić information content (AvgIpc) is 3.28. The van der Waals surface area contributed by atoms with Crippen molar-refractivity contribution in [2.24, 2.45) is 0 Å². The van der Waals surface area contributed by atoms with E-state index in [1.165, 1.54) is 12.1 Å². The van der Waals surface area contributed by atoms with Crippen LogP contribution in [0.5, 0.6) is 0 Å². The van der Waals surface area contributed by atoms with Crippen LogP contribution in [0.2, 0.25) is 5.02 Å². The van der Waals surface area contributed by atoms with Crippen molar-refractivity contribution in [1.82, 2.24) is 20.4 Å². The zero-order valence-corrected chi connectivity index (χ0v) is 19.1. The van der Waals surface area contributed by atoms with Gasteiger partial charge in [-0.3, -0.25) is 9.59 Å². The fourth-order valence-electron chi connectivity index (χ4n) is 3.42. The highest BCUT2D eigenvalue weighted by atomic mass is 35.5. The molecule has 2 amide bonds. The van der Waals surface area contributed by atoms with E-state index in [9.17, 15) is 14.0 Å². The lowest BCUT2D eigenvalue weighted by Gasteiger charge is -2.14. The van der Waals surface area contributed by atoms with Gasteiger partial charge in [-0.15, -0.1) is 0 Å². The number of amides is 2. The van der Waals surface area contributed by atoms with Gasteiger partial charge in [0, 0.05) is 23.9 Å². The van der Waals surface area contributed by atoms with Gasteiger partial charge in [0.1, 0.15) is 11.9 Å². The van der Waals surface area contributed by atoms with Gasteiger partial charge in [-0.1, -0.05) is 41.9 Å². The Hall–Kier alpha value is -3.97. The smallest absolute Gasteiger partial charge is 0.253 e. The predicted octanol–water partition coefficient (Wildman–Crippen LogP) is 4.77. The SMILES string of the molecule is C[C@H](NC(=O)c1ccccc1Cl)C(=O)NCc1cn(-c2ccccc2)nc1-c1ccc(F)cc1. The molecule has 0 bridgehead atoms. The molecule has 4 aromatic rings. The second kappa shape index (κ2) is 10.3. The largest absolute Gasteiger partial charge is 0.350 e. The van der Waals surface area contributed by atoms with Crippen molar-refractivity contribution in [2.45, 2.75) is 19.5 Å². The predicted molar refractivity (Wildman–Crippen MR) is 129 cm³/mol. The fourth-order valence-corrected chi connectivity index (χ4v) is 3.65. The third-order valence-electron chi connectivity index (χ3n) is 5.24. The molecular weight excluding hydrogens is 455 g/mol. The minimum Gasteiger partial charge on any atom is -0.350 e. The summed E-state index contributed by atoms with van der Waals surface area (Å²) in [5, 5.41) is 10.5. The van der Waals surface area contributed by atoms with Crippen molar-refractivity contribution >= 4 is 23.4 Å². The number of rotatable bonds is 7. The molecule has 0 radical (unpaired) electrons. The van der Waals surface area contributed by atoms with Crippen LogP contribution >= 0.6 is 11.6 Å². The first-order chi connectivity index (χ1) is 16.4. The number of hydrogen-bond acceptors (Lipinski definition) is 3. The maximum atomic E-state index is 13.4. The highest BCUT2D eigenvalue weighted by Gasteiger charge is 2.19. The molecule has 2 N–H and O–H groups in total. The van der Waals surface area contributed by atoms with Gasteiger partial charge in [0.05, 0.1) is 22.0 Å². The maximum Gasteiger partial charge on any atom is 0.253 e. The molecule has 34 heavy (non-hydrogen) atoms. The zero-order chi connectivity index (χ0) is 24.1. The molecule has 0 spiro atoms. The number of hydrogen-bond donors (Lipinski definition) is 2. The summed E-state index contributed by atoms with van der Waals surface area (Å²) in [6.07, 6.45) is 1.82. The van der Waals surface area contributed by atoms with Crippen LogP contribution in [-0.2, 0) is 11.3 Å². The van der Waals surface area contributed by atoms with E-state index >= 15 is 0 Å². The normalized spacial score (nSPS) is 11.6. The molecular formula is C26H22ClFN4O2. The number of benzene rings is 3. The molecule has 1 aromatic heterocycles. The monoisotopic (exact) mass is 476 g/mol. The summed E-state index contributed by atoms with van der Waals surface area (Å²) in [4.78, 5) is 25.2. The molecule has 0 aliphatic heterocycles. The number of carbonyl (C=O) groups is 2. The van der Waals surface area contributed by atoms with Gasteiger partial charge in [-0.25, -0.2) is 9.07 Å². The van der Waals surface area contributed by atoms with E-state index < -0.39 is 11.9 Å². The zero-order valence-electron chi connectivity index (χ0n) is 18.3. The van der Waals surface area contributed by atoms with Gasteiger partial charge in [0.15, 0.2) is 0 Å². The Balaban J connectivity index is 1.50. The number of nitrogens with zero attached hydrogens (tertiary/aromatic N) is 2. The third kappa shape index (κ3) is 5.32. The quantitative estimate of drug-likeness (QED) is 0.403.